The van der Waals surface area contributed by atoms with Crippen molar-refractivity contribution in [1.82, 2.24) is 0 Å². The van der Waals surface area contributed by atoms with Gasteiger partial charge in [0, 0.05) is 0 Å². The molecule has 1 N–H and O–H groups in total. The number of fused-ring (bicyclic) bond motifs is 2. The van der Waals surface area contributed by atoms with Crippen LogP contribution < -0.4 is 0 Å². The summed E-state index contributed by atoms with van der Waals surface area (Å²) in [5.74, 6) is 0.625. The van der Waals surface area contributed by atoms with Gasteiger partial charge in [-0.05, 0) is 36.5 Å². The Morgan fingerprint density at radius 3 is 2.62 bits per heavy atom. The van der Waals surface area contributed by atoms with Gasteiger partial charge >= 0.3 is 0 Å². The molecule has 16 heavy (non-hydrogen) atoms. The SMILES string of the molecule is CC1C2C3COS(=O)(=O)C(CC13C)C2(C)O. The van der Waals surface area contributed by atoms with Crippen molar-refractivity contribution in [2.24, 2.45) is 23.2 Å². The Balaban J connectivity index is 2.16. The third-order valence-electron chi connectivity index (χ3n) is 5.57. The van der Waals surface area contributed by atoms with Crippen LogP contribution >= 0.6 is 0 Å². The second kappa shape index (κ2) is 2.65. The largest absolute Gasteiger partial charge is 0.388 e. The fourth-order valence-corrected chi connectivity index (χ4v) is 6.20. The zero-order chi connectivity index (χ0) is 11.9. The molecule has 2 aliphatic heterocycles. The molecule has 92 valence electrons. The Kier molecular flexibility index (Phi) is 1.82. The molecule has 2 saturated heterocycles. The maximum atomic E-state index is 11.9. The second-order valence-corrected chi connectivity index (χ2v) is 7.91. The average Bonchev–Trinajstić information content (AvgIpc) is 2.28. The minimum Gasteiger partial charge on any atom is -0.388 e. The van der Waals surface area contributed by atoms with E-state index >= 15 is 0 Å². The summed E-state index contributed by atoms with van der Waals surface area (Å²) >= 11 is 0. The lowest BCUT2D eigenvalue weighted by atomic mass is 9.39. The number of aliphatic hydroxyl groups is 1. The summed E-state index contributed by atoms with van der Waals surface area (Å²) in [6.07, 6.45) is 0.532. The van der Waals surface area contributed by atoms with Crippen LogP contribution in [-0.2, 0) is 14.3 Å². The molecule has 6 atom stereocenters. The third kappa shape index (κ3) is 0.962. The molecule has 5 aliphatic rings. The van der Waals surface area contributed by atoms with E-state index in [1.807, 2.05) is 0 Å². The van der Waals surface area contributed by atoms with E-state index in [1.165, 1.54) is 0 Å². The zero-order valence-corrected chi connectivity index (χ0v) is 10.6. The molecule has 0 amide bonds. The highest BCUT2D eigenvalue weighted by atomic mass is 32.2. The van der Waals surface area contributed by atoms with E-state index in [4.69, 9.17) is 4.18 Å². The summed E-state index contributed by atoms with van der Waals surface area (Å²) in [5.41, 5.74) is -1.10. The van der Waals surface area contributed by atoms with Crippen molar-refractivity contribution < 1.29 is 17.7 Å². The summed E-state index contributed by atoms with van der Waals surface area (Å²) in [7, 11) is -3.59. The van der Waals surface area contributed by atoms with Gasteiger partial charge in [-0.25, -0.2) is 0 Å². The van der Waals surface area contributed by atoms with Crippen LogP contribution in [0.25, 0.3) is 0 Å². The molecule has 3 aliphatic carbocycles. The monoisotopic (exact) mass is 246 g/mol. The molecule has 5 heteroatoms. The topological polar surface area (TPSA) is 63.6 Å². The summed E-state index contributed by atoms with van der Waals surface area (Å²) in [4.78, 5) is 0. The van der Waals surface area contributed by atoms with Crippen molar-refractivity contribution in [2.45, 2.75) is 38.0 Å². The van der Waals surface area contributed by atoms with Gasteiger partial charge in [0.2, 0.25) is 0 Å². The van der Waals surface area contributed by atoms with Gasteiger partial charge in [-0.3, -0.25) is 4.18 Å². The van der Waals surface area contributed by atoms with E-state index in [0.29, 0.717) is 12.3 Å². The van der Waals surface area contributed by atoms with Gasteiger partial charge in [0.25, 0.3) is 10.1 Å². The van der Waals surface area contributed by atoms with Crippen molar-refractivity contribution in [3.8, 4) is 0 Å². The molecule has 5 fully saturated rings. The van der Waals surface area contributed by atoms with Gasteiger partial charge < -0.3 is 5.11 Å². The van der Waals surface area contributed by atoms with Crippen LogP contribution in [0.4, 0.5) is 0 Å². The van der Waals surface area contributed by atoms with Gasteiger partial charge in [-0.15, -0.1) is 0 Å². The van der Waals surface area contributed by atoms with E-state index in [9.17, 15) is 13.5 Å². The Morgan fingerprint density at radius 1 is 1.38 bits per heavy atom. The molecule has 6 unspecified atom stereocenters. The van der Waals surface area contributed by atoms with Crippen molar-refractivity contribution >= 4 is 10.1 Å². The molecular weight excluding hydrogens is 228 g/mol. The first-order valence-corrected chi connectivity index (χ1v) is 7.29. The van der Waals surface area contributed by atoms with Crippen molar-refractivity contribution in [3.05, 3.63) is 0 Å². The van der Waals surface area contributed by atoms with E-state index in [1.54, 1.807) is 6.92 Å². The van der Waals surface area contributed by atoms with Gasteiger partial charge in [-0.1, -0.05) is 13.8 Å². The molecule has 3 saturated carbocycles. The molecular formula is C11H18O4S. The van der Waals surface area contributed by atoms with Crippen LogP contribution in [0.15, 0.2) is 0 Å². The maximum Gasteiger partial charge on any atom is 0.273 e. The normalized spacial score (nSPS) is 62.5. The van der Waals surface area contributed by atoms with Crippen molar-refractivity contribution in [3.63, 3.8) is 0 Å². The Bertz CT molecular complexity index is 441. The van der Waals surface area contributed by atoms with Crippen LogP contribution in [0.5, 0.6) is 0 Å². The lowest BCUT2D eigenvalue weighted by molar-refractivity contribution is -0.236. The van der Waals surface area contributed by atoms with Crippen molar-refractivity contribution in [2.75, 3.05) is 6.61 Å². The minimum atomic E-state index is -3.59. The smallest absolute Gasteiger partial charge is 0.273 e. The maximum absolute atomic E-state index is 11.9. The average molecular weight is 246 g/mol. The molecule has 0 aromatic rings. The fourth-order valence-electron chi connectivity index (χ4n) is 4.40. The van der Waals surface area contributed by atoms with Crippen LogP contribution in [0.3, 0.4) is 0 Å². The third-order valence-corrected chi connectivity index (χ3v) is 7.38. The second-order valence-electron chi connectivity index (χ2n) is 6.12. The van der Waals surface area contributed by atoms with Gasteiger partial charge in [0.05, 0.1) is 12.2 Å². The Labute approximate surface area is 96.1 Å². The number of rotatable bonds is 0. The quantitative estimate of drug-likeness (QED) is 0.641. The first-order valence-electron chi connectivity index (χ1n) is 5.82. The minimum absolute atomic E-state index is 0.0289. The van der Waals surface area contributed by atoms with E-state index in [0.717, 1.165) is 0 Å². The molecule has 4 nitrogen and oxygen atoms in total. The lowest BCUT2D eigenvalue weighted by Crippen LogP contribution is -2.71. The summed E-state index contributed by atoms with van der Waals surface area (Å²) < 4.78 is 28.9. The molecule has 0 aromatic carbocycles. The molecule has 4 bridgehead atoms. The van der Waals surface area contributed by atoms with Gasteiger partial charge in [0.1, 0.15) is 5.25 Å². The molecule has 2 heterocycles. The number of hydrogen-bond donors (Lipinski definition) is 1. The first-order chi connectivity index (χ1) is 7.21. The first kappa shape index (κ1) is 11.0. The van der Waals surface area contributed by atoms with Crippen LogP contribution in [0.1, 0.15) is 27.2 Å². The van der Waals surface area contributed by atoms with Crippen LogP contribution in [0.2, 0.25) is 0 Å². The highest BCUT2D eigenvalue weighted by Crippen LogP contribution is 2.69. The number of hydrogen-bond acceptors (Lipinski definition) is 4. The van der Waals surface area contributed by atoms with Crippen LogP contribution in [0, 0.1) is 23.2 Å². The Morgan fingerprint density at radius 2 is 2.00 bits per heavy atom. The summed E-state index contributed by atoms with van der Waals surface area (Å²) in [5, 5.41) is 9.77. The molecule has 5 rings (SSSR count). The van der Waals surface area contributed by atoms with E-state index in [-0.39, 0.29) is 23.9 Å². The summed E-state index contributed by atoms with van der Waals surface area (Å²) in [6.45, 7) is 6.16. The predicted octanol–water partition coefficient (Wildman–Crippen LogP) is 0.758. The molecule has 0 aromatic heterocycles. The van der Waals surface area contributed by atoms with Gasteiger partial charge in [-0.2, -0.15) is 8.42 Å². The molecule has 0 radical (unpaired) electrons. The van der Waals surface area contributed by atoms with E-state index < -0.39 is 21.0 Å². The summed E-state index contributed by atoms with van der Waals surface area (Å²) in [6, 6.07) is 0. The standard InChI is InChI=1S/C11H18O4S/c1-6-9-7-5-15-16(13,14)8(11(9,3)12)4-10(6,7)2/h6-9,12H,4-5H2,1-3H3. The predicted molar refractivity (Wildman–Crippen MR) is 58.2 cm³/mol. The fraction of sp³-hybridized carbons (Fsp3) is 1.00. The highest BCUT2D eigenvalue weighted by Gasteiger charge is 2.73. The molecule has 0 spiro atoms. The van der Waals surface area contributed by atoms with E-state index in [2.05, 4.69) is 13.8 Å². The van der Waals surface area contributed by atoms with Crippen LogP contribution in [-0.4, -0.2) is 31.0 Å². The highest BCUT2D eigenvalue weighted by molar-refractivity contribution is 7.87. The van der Waals surface area contributed by atoms with Crippen molar-refractivity contribution in [1.29, 1.82) is 0 Å². The Hall–Kier alpha value is -0.130. The lowest BCUT2D eigenvalue weighted by Gasteiger charge is -2.67. The zero-order valence-electron chi connectivity index (χ0n) is 9.80. The van der Waals surface area contributed by atoms with Gasteiger partial charge in [0.15, 0.2) is 0 Å².